The van der Waals surface area contributed by atoms with Crippen molar-refractivity contribution in [2.75, 3.05) is 44.5 Å². The van der Waals surface area contributed by atoms with Gasteiger partial charge in [0.1, 0.15) is 10.8 Å². The molecule has 9 heteroatoms. The minimum absolute atomic E-state index is 0.0500. The van der Waals surface area contributed by atoms with Crippen LogP contribution in [0.3, 0.4) is 0 Å². The second-order valence-corrected chi connectivity index (χ2v) is 9.15. The molecule has 0 bridgehead atoms. The Kier molecular flexibility index (Phi) is 6.88. The van der Waals surface area contributed by atoms with E-state index in [1.165, 1.54) is 11.3 Å². The molecule has 4 rings (SSSR count). The Morgan fingerprint density at radius 3 is 2.48 bits per heavy atom. The lowest BCUT2D eigenvalue weighted by atomic mass is 9.97. The summed E-state index contributed by atoms with van der Waals surface area (Å²) in [5.74, 6) is 0.690. The summed E-state index contributed by atoms with van der Waals surface area (Å²) in [7, 11) is 5.52. The number of carbonyl (C=O) groups is 2. The van der Waals surface area contributed by atoms with Gasteiger partial charge < -0.3 is 19.9 Å². The lowest BCUT2D eigenvalue weighted by molar-refractivity contribution is 0.0712. The van der Waals surface area contributed by atoms with Crippen LogP contribution in [0.25, 0.3) is 0 Å². The van der Waals surface area contributed by atoms with Gasteiger partial charge in [0.15, 0.2) is 0 Å². The molecule has 0 aliphatic carbocycles. The number of methoxy groups -OCH3 is 1. The van der Waals surface area contributed by atoms with E-state index in [0.717, 1.165) is 29.3 Å². The first-order valence-electron chi connectivity index (χ1n) is 10.8. The van der Waals surface area contributed by atoms with Crippen molar-refractivity contribution in [3.05, 3.63) is 64.1 Å². The van der Waals surface area contributed by atoms with Crippen LogP contribution in [0.15, 0.2) is 48.5 Å². The molecule has 1 aliphatic rings. The summed E-state index contributed by atoms with van der Waals surface area (Å²) in [4.78, 5) is 29.4. The number of likely N-dealkylation sites (tertiary alicyclic amines) is 1. The van der Waals surface area contributed by atoms with Gasteiger partial charge in [-0.3, -0.25) is 9.59 Å². The van der Waals surface area contributed by atoms with Crippen LogP contribution in [0, 0.1) is 0 Å². The summed E-state index contributed by atoms with van der Waals surface area (Å²) in [6.45, 7) is 1.31. The first-order chi connectivity index (χ1) is 15.9. The number of nitrogens with one attached hydrogen (secondary N) is 1. The van der Waals surface area contributed by atoms with Gasteiger partial charge in [-0.15, -0.1) is 10.2 Å². The number of anilines is 2. The third-order valence-electron chi connectivity index (χ3n) is 5.72. The van der Waals surface area contributed by atoms with Gasteiger partial charge in [-0.2, -0.15) is 0 Å². The number of aromatic nitrogens is 2. The molecule has 0 unspecified atom stereocenters. The van der Waals surface area contributed by atoms with Gasteiger partial charge in [-0.1, -0.05) is 17.4 Å². The Balaban J connectivity index is 1.34. The van der Waals surface area contributed by atoms with E-state index in [2.05, 4.69) is 15.5 Å². The highest BCUT2D eigenvalue weighted by atomic mass is 32.1. The minimum Gasteiger partial charge on any atom is -0.497 e. The number of hydrogen-bond acceptors (Lipinski definition) is 7. The number of benzene rings is 2. The largest absolute Gasteiger partial charge is 0.497 e. The van der Waals surface area contributed by atoms with Gasteiger partial charge in [0.25, 0.3) is 11.8 Å². The molecule has 0 saturated carbocycles. The van der Waals surface area contributed by atoms with Gasteiger partial charge in [-0.25, -0.2) is 0 Å². The number of nitrogens with zero attached hydrogens (tertiary/aromatic N) is 4. The second kappa shape index (κ2) is 9.99. The lowest BCUT2D eigenvalue weighted by Crippen LogP contribution is -2.38. The van der Waals surface area contributed by atoms with Crippen molar-refractivity contribution in [1.29, 1.82) is 0 Å². The summed E-state index contributed by atoms with van der Waals surface area (Å²) in [6.07, 6.45) is 1.60. The van der Waals surface area contributed by atoms with Crippen LogP contribution in [-0.2, 0) is 0 Å². The molecule has 172 valence electrons. The molecule has 1 saturated heterocycles. The second-order valence-electron chi connectivity index (χ2n) is 8.14. The van der Waals surface area contributed by atoms with E-state index in [0.29, 0.717) is 29.3 Å². The summed E-state index contributed by atoms with van der Waals surface area (Å²) >= 11 is 1.32. The molecule has 2 aromatic carbocycles. The quantitative estimate of drug-likeness (QED) is 0.594. The van der Waals surface area contributed by atoms with Crippen LogP contribution in [-0.4, -0.2) is 61.2 Å². The topological polar surface area (TPSA) is 87.7 Å². The normalized spacial score (nSPS) is 14.1. The van der Waals surface area contributed by atoms with Crippen LogP contribution < -0.4 is 15.0 Å². The Morgan fingerprint density at radius 1 is 1.09 bits per heavy atom. The number of amides is 2. The maximum atomic E-state index is 12.9. The van der Waals surface area contributed by atoms with E-state index in [9.17, 15) is 9.59 Å². The molecule has 1 aromatic heterocycles. The van der Waals surface area contributed by atoms with Gasteiger partial charge >= 0.3 is 0 Å². The summed E-state index contributed by atoms with van der Waals surface area (Å²) in [5, 5.41) is 12.4. The highest BCUT2D eigenvalue weighted by Gasteiger charge is 2.27. The predicted molar refractivity (Wildman–Crippen MR) is 130 cm³/mol. The molecule has 1 fully saturated rings. The van der Waals surface area contributed by atoms with Crippen molar-refractivity contribution in [1.82, 2.24) is 15.1 Å². The fourth-order valence-corrected chi connectivity index (χ4v) is 4.69. The Morgan fingerprint density at radius 2 is 1.82 bits per heavy atom. The van der Waals surface area contributed by atoms with Crippen LogP contribution in [0.4, 0.5) is 11.4 Å². The lowest BCUT2D eigenvalue weighted by Gasteiger charge is -2.31. The van der Waals surface area contributed by atoms with Crippen LogP contribution in [0.2, 0.25) is 0 Å². The van der Waals surface area contributed by atoms with E-state index in [-0.39, 0.29) is 17.7 Å². The van der Waals surface area contributed by atoms with Crippen molar-refractivity contribution in [3.8, 4) is 5.75 Å². The third kappa shape index (κ3) is 5.31. The molecule has 2 heterocycles. The molecule has 3 aromatic rings. The van der Waals surface area contributed by atoms with Crippen LogP contribution in [0.1, 0.15) is 43.9 Å². The van der Waals surface area contributed by atoms with Crippen molar-refractivity contribution in [3.63, 3.8) is 0 Å². The summed E-state index contributed by atoms with van der Waals surface area (Å²) in [5.41, 5.74) is 2.38. The zero-order valence-electron chi connectivity index (χ0n) is 18.9. The van der Waals surface area contributed by atoms with Crippen LogP contribution in [0.5, 0.6) is 5.75 Å². The highest BCUT2D eigenvalue weighted by molar-refractivity contribution is 7.13. The molecule has 0 radical (unpaired) electrons. The molecule has 1 N–H and O–H groups in total. The van der Waals surface area contributed by atoms with E-state index >= 15 is 0 Å². The molecule has 2 amide bonds. The van der Waals surface area contributed by atoms with Crippen LogP contribution >= 0.6 is 11.3 Å². The minimum atomic E-state index is -0.280. The average Bonchev–Trinajstić information content (AvgIpc) is 3.35. The van der Waals surface area contributed by atoms with Crippen molar-refractivity contribution in [2.45, 2.75) is 18.8 Å². The first-order valence-corrected chi connectivity index (χ1v) is 11.6. The predicted octanol–water partition coefficient (Wildman–Crippen LogP) is 3.88. The van der Waals surface area contributed by atoms with Gasteiger partial charge in [0, 0.05) is 50.0 Å². The SMILES string of the molecule is COc1ccc(NC(=O)c2nnc(C3CCN(C(=O)c4cccc(N(C)C)c4)CC3)s2)cc1. The van der Waals surface area contributed by atoms with E-state index in [1.54, 1.807) is 31.4 Å². The van der Waals surface area contributed by atoms with Gasteiger partial charge in [-0.05, 0) is 55.3 Å². The molecule has 1 aliphatic heterocycles. The Bertz CT molecular complexity index is 1120. The molecule has 8 nitrogen and oxygen atoms in total. The number of piperidine rings is 1. The number of carbonyl (C=O) groups excluding carboxylic acids is 2. The first kappa shape index (κ1) is 22.7. The van der Waals surface area contributed by atoms with E-state index < -0.39 is 0 Å². The van der Waals surface area contributed by atoms with E-state index in [1.807, 2.05) is 48.2 Å². The van der Waals surface area contributed by atoms with Crippen molar-refractivity contribution >= 4 is 34.5 Å². The maximum Gasteiger partial charge on any atom is 0.286 e. The fourth-order valence-electron chi connectivity index (χ4n) is 3.78. The summed E-state index contributed by atoms with van der Waals surface area (Å²) in [6, 6.07) is 14.8. The van der Waals surface area contributed by atoms with Gasteiger partial charge in [0.2, 0.25) is 5.01 Å². The monoisotopic (exact) mass is 465 g/mol. The zero-order chi connectivity index (χ0) is 23.4. The fraction of sp³-hybridized carbons (Fsp3) is 0.333. The Hall–Kier alpha value is -3.46. The standard InChI is InChI=1S/C24H27N5O3S/c1-28(2)19-6-4-5-17(15-19)24(31)29-13-11-16(12-14-29)22-26-27-23(33-22)21(30)25-18-7-9-20(32-3)10-8-18/h4-10,15-16H,11-14H2,1-3H3,(H,25,30). The average molecular weight is 466 g/mol. The molecule has 33 heavy (non-hydrogen) atoms. The number of rotatable bonds is 6. The number of hydrogen-bond donors (Lipinski definition) is 1. The number of ether oxygens (including phenoxy) is 1. The Labute approximate surface area is 197 Å². The van der Waals surface area contributed by atoms with E-state index in [4.69, 9.17) is 4.74 Å². The molecule has 0 spiro atoms. The molecule has 0 atom stereocenters. The third-order valence-corrected chi connectivity index (χ3v) is 6.81. The van der Waals surface area contributed by atoms with Gasteiger partial charge in [0.05, 0.1) is 7.11 Å². The maximum absolute atomic E-state index is 12.9. The summed E-state index contributed by atoms with van der Waals surface area (Å²) < 4.78 is 5.13. The van der Waals surface area contributed by atoms with Crippen molar-refractivity contribution < 1.29 is 14.3 Å². The smallest absolute Gasteiger partial charge is 0.286 e. The molecular formula is C24H27N5O3S. The molecular weight excluding hydrogens is 438 g/mol. The highest BCUT2D eigenvalue weighted by Crippen LogP contribution is 2.31. The van der Waals surface area contributed by atoms with Crippen molar-refractivity contribution in [2.24, 2.45) is 0 Å². The zero-order valence-corrected chi connectivity index (χ0v) is 19.8.